The van der Waals surface area contributed by atoms with Crippen molar-refractivity contribution < 1.29 is 32.2 Å². The minimum Gasteiger partial charge on any atom is -0.508 e. The quantitative estimate of drug-likeness (QED) is 0.146. The molecule has 3 fully saturated rings. The van der Waals surface area contributed by atoms with Crippen LogP contribution < -0.4 is 15.0 Å². The van der Waals surface area contributed by atoms with Crippen molar-refractivity contribution in [3.05, 3.63) is 60.3 Å². The summed E-state index contributed by atoms with van der Waals surface area (Å²) < 4.78 is 68.4. The number of alkyl halides is 2. The summed E-state index contributed by atoms with van der Waals surface area (Å²) in [5.74, 6) is -3.41. The average Bonchev–Trinajstić information content (AvgIpc) is 3.63. The summed E-state index contributed by atoms with van der Waals surface area (Å²) in [6.45, 7) is 5.31. The molecular formula is C36H34F4N6O3. The van der Waals surface area contributed by atoms with Crippen LogP contribution >= 0.6 is 0 Å². The molecule has 0 bridgehead atoms. The van der Waals surface area contributed by atoms with Crippen LogP contribution in [-0.4, -0.2) is 81.2 Å². The number of anilines is 1. The summed E-state index contributed by atoms with van der Waals surface area (Å²) >= 11 is 0. The van der Waals surface area contributed by atoms with E-state index in [4.69, 9.17) is 11.2 Å². The fourth-order valence-corrected chi connectivity index (χ4v) is 7.63. The molecule has 1 atom stereocenters. The molecule has 3 aliphatic rings. The highest BCUT2D eigenvalue weighted by molar-refractivity contribution is 6.03. The van der Waals surface area contributed by atoms with Crippen LogP contribution in [-0.2, 0) is 4.79 Å². The zero-order chi connectivity index (χ0) is 34.5. The van der Waals surface area contributed by atoms with Gasteiger partial charge in [0.25, 0.3) is 5.92 Å². The number of pyridine rings is 1. The zero-order valence-corrected chi connectivity index (χ0v) is 26.6. The van der Waals surface area contributed by atoms with Crippen molar-refractivity contribution in [2.75, 3.05) is 37.7 Å². The molecule has 7 rings (SSSR count). The van der Waals surface area contributed by atoms with Gasteiger partial charge in [-0.1, -0.05) is 18.6 Å². The van der Waals surface area contributed by atoms with Gasteiger partial charge in [0.2, 0.25) is 5.91 Å². The average molecular weight is 675 g/mol. The predicted octanol–water partition coefficient (Wildman–Crippen LogP) is 5.72. The highest BCUT2D eigenvalue weighted by atomic mass is 19.3. The Morgan fingerprint density at radius 3 is 2.63 bits per heavy atom. The number of phenols is 1. The van der Waals surface area contributed by atoms with Crippen LogP contribution in [0.4, 0.5) is 23.4 Å². The Bertz CT molecular complexity index is 2020. The van der Waals surface area contributed by atoms with Gasteiger partial charge in [0.15, 0.2) is 5.82 Å². The number of aromatic hydroxyl groups is 1. The molecule has 0 spiro atoms. The highest BCUT2D eigenvalue weighted by Crippen LogP contribution is 2.41. The van der Waals surface area contributed by atoms with E-state index in [9.17, 15) is 14.3 Å². The van der Waals surface area contributed by atoms with Crippen LogP contribution in [0.1, 0.15) is 44.1 Å². The van der Waals surface area contributed by atoms with Crippen LogP contribution in [0.5, 0.6) is 11.8 Å². The van der Waals surface area contributed by atoms with Gasteiger partial charge in [-0.15, -0.1) is 6.42 Å². The lowest BCUT2D eigenvalue weighted by molar-refractivity contribution is -0.121. The van der Waals surface area contributed by atoms with Gasteiger partial charge < -0.3 is 20.1 Å². The number of fused-ring (bicyclic) bond motifs is 3. The Labute approximate surface area is 280 Å². The van der Waals surface area contributed by atoms with Gasteiger partial charge in [-0.05, 0) is 74.9 Å². The largest absolute Gasteiger partial charge is 0.508 e. The van der Waals surface area contributed by atoms with Crippen LogP contribution in [0.3, 0.4) is 0 Å². The number of amides is 1. The second-order valence-corrected chi connectivity index (χ2v) is 13.0. The number of carbonyl (C=O) groups excluding carboxylic acids is 1. The molecule has 2 aromatic heterocycles. The second-order valence-electron chi connectivity index (χ2n) is 13.0. The summed E-state index contributed by atoms with van der Waals surface area (Å²) in [6, 6.07) is 3.48. The molecule has 2 N–H and O–H groups in total. The molecule has 13 heteroatoms. The lowest BCUT2D eigenvalue weighted by Gasteiger charge is -2.32. The van der Waals surface area contributed by atoms with E-state index in [1.54, 1.807) is 4.90 Å². The van der Waals surface area contributed by atoms with E-state index in [1.807, 2.05) is 0 Å². The van der Waals surface area contributed by atoms with Crippen LogP contribution in [0, 0.1) is 24.0 Å². The summed E-state index contributed by atoms with van der Waals surface area (Å²) in [4.78, 5) is 29.6. The van der Waals surface area contributed by atoms with Gasteiger partial charge >= 0.3 is 6.01 Å². The fourth-order valence-electron chi connectivity index (χ4n) is 7.63. The molecule has 49 heavy (non-hydrogen) atoms. The number of nitrogens with zero attached hydrogens (tertiary/aromatic N) is 5. The molecule has 0 saturated carbocycles. The Morgan fingerprint density at radius 1 is 1.14 bits per heavy atom. The first-order chi connectivity index (χ1) is 23.5. The molecular weight excluding hydrogens is 640 g/mol. The van der Waals surface area contributed by atoms with Gasteiger partial charge in [-0.25, -0.2) is 17.6 Å². The molecule has 4 aromatic rings. The summed E-state index contributed by atoms with van der Waals surface area (Å²) in [5.41, 5.74) is -0.758. The van der Waals surface area contributed by atoms with Crippen LogP contribution in [0.2, 0.25) is 0 Å². The van der Waals surface area contributed by atoms with E-state index < -0.39 is 35.9 Å². The maximum atomic E-state index is 16.9. The molecule has 5 heterocycles. The van der Waals surface area contributed by atoms with Gasteiger partial charge in [-0.2, -0.15) is 9.97 Å². The standard InChI is InChI=1S/C36H34F4N6O3/c1-3-23-26(37)9-8-21-16-22(47)17-24(29(21)23)31-30(38)32-25(18-41-31)33(45-13-7-12-36(39,40)27(19-45)42-28(48)4-2)44-34(43-32)49-20-35-10-5-14-46(35)15-6-11-35/h1,4,8-9,16-18,27,47H,2,5-7,10-15,19-20H2,(H,42,48)/t27-/m0/s1. The molecule has 1 amide bonds. The molecule has 3 saturated heterocycles. The maximum Gasteiger partial charge on any atom is 0.319 e. The van der Waals surface area contributed by atoms with E-state index >= 15 is 13.2 Å². The van der Waals surface area contributed by atoms with E-state index in [-0.39, 0.29) is 82.3 Å². The van der Waals surface area contributed by atoms with Crippen LogP contribution in [0.25, 0.3) is 32.9 Å². The Kier molecular flexibility index (Phi) is 8.30. The summed E-state index contributed by atoms with van der Waals surface area (Å²) in [7, 11) is 0. The topological polar surface area (TPSA) is 104 Å². The molecule has 0 radical (unpaired) electrons. The summed E-state index contributed by atoms with van der Waals surface area (Å²) in [6.07, 6.45) is 11.4. The number of aromatic nitrogens is 3. The van der Waals surface area contributed by atoms with Crippen molar-refractivity contribution in [1.82, 2.24) is 25.2 Å². The Balaban J connectivity index is 1.38. The molecule has 2 aromatic carbocycles. The Morgan fingerprint density at radius 2 is 1.90 bits per heavy atom. The predicted molar refractivity (Wildman–Crippen MR) is 177 cm³/mol. The van der Waals surface area contributed by atoms with Crippen LogP contribution in [0.15, 0.2) is 43.1 Å². The molecule has 9 nitrogen and oxygen atoms in total. The number of nitrogens with one attached hydrogen (secondary N) is 1. The third kappa shape index (κ3) is 5.77. The number of hydrogen-bond donors (Lipinski definition) is 2. The van der Waals surface area contributed by atoms with Gasteiger partial charge in [0, 0.05) is 36.7 Å². The third-order valence-corrected chi connectivity index (χ3v) is 10.0. The minimum atomic E-state index is -3.24. The number of hydrogen-bond acceptors (Lipinski definition) is 8. The first-order valence-corrected chi connectivity index (χ1v) is 16.3. The fraction of sp³-hybridized carbons (Fsp3) is 0.389. The van der Waals surface area contributed by atoms with E-state index in [0.29, 0.717) is 5.39 Å². The van der Waals surface area contributed by atoms with Gasteiger partial charge in [0.05, 0.1) is 16.5 Å². The summed E-state index contributed by atoms with van der Waals surface area (Å²) in [5, 5.41) is 13.5. The normalized spacial score (nSPS) is 20.1. The SMILES string of the molecule is C#Cc1c(F)ccc2cc(O)cc(-c3ncc4c(N5CCCC(F)(F)[C@@H](NC(=O)C=C)C5)nc(OCC56CCCN5CCC6)nc4c3F)c12. The Hall–Kier alpha value is -4.96. The lowest BCUT2D eigenvalue weighted by Crippen LogP contribution is -2.52. The number of carbonyl (C=O) groups is 1. The second kappa shape index (κ2) is 12.5. The number of rotatable bonds is 7. The maximum absolute atomic E-state index is 16.9. The molecule has 0 unspecified atom stereocenters. The third-order valence-electron chi connectivity index (χ3n) is 10.0. The molecule has 254 valence electrons. The molecule has 3 aliphatic heterocycles. The van der Waals surface area contributed by atoms with Crippen molar-refractivity contribution in [2.24, 2.45) is 0 Å². The van der Waals surface area contributed by atoms with Crippen molar-refractivity contribution in [3.63, 3.8) is 0 Å². The minimum absolute atomic E-state index is 0.0394. The van der Waals surface area contributed by atoms with E-state index in [0.717, 1.165) is 44.8 Å². The number of terminal acetylenes is 1. The van der Waals surface area contributed by atoms with Crippen molar-refractivity contribution in [3.8, 4) is 35.4 Å². The van der Waals surface area contributed by atoms with E-state index in [2.05, 4.69) is 37.7 Å². The first kappa shape index (κ1) is 32.6. The number of ether oxygens (including phenoxy) is 1. The number of phenolic OH excluding ortho intramolecular Hbond substituents is 1. The molecule has 0 aliphatic carbocycles. The van der Waals surface area contributed by atoms with Gasteiger partial charge in [0.1, 0.15) is 41.2 Å². The lowest BCUT2D eigenvalue weighted by atomic mass is 9.95. The zero-order valence-electron chi connectivity index (χ0n) is 26.6. The number of halogens is 4. The smallest absolute Gasteiger partial charge is 0.319 e. The van der Waals surface area contributed by atoms with Crippen molar-refractivity contribution in [1.29, 1.82) is 0 Å². The van der Waals surface area contributed by atoms with Gasteiger partial charge in [-0.3, -0.25) is 14.7 Å². The monoisotopic (exact) mass is 674 g/mol. The van der Waals surface area contributed by atoms with Crippen molar-refractivity contribution >= 4 is 33.4 Å². The first-order valence-electron chi connectivity index (χ1n) is 16.3. The highest BCUT2D eigenvalue weighted by Gasteiger charge is 2.46. The van der Waals surface area contributed by atoms with E-state index in [1.165, 1.54) is 30.5 Å². The van der Waals surface area contributed by atoms with Crippen molar-refractivity contribution in [2.45, 2.75) is 56.0 Å². The number of benzene rings is 2.